The molecule has 0 saturated heterocycles. The van der Waals surface area contributed by atoms with Gasteiger partial charge in [0.15, 0.2) is 0 Å². The molecular weight excluding hydrogens is 631 g/mol. The fraction of sp³-hybridized carbons (Fsp3) is 0.102. The summed E-state index contributed by atoms with van der Waals surface area (Å²) < 4.78 is 0. The van der Waals surface area contributed by atoms with Gasteiger partial charge < -0.3 is 4.90 Å². The van der Waals surface area contributed by atoms with Gasteiger partial charge in [-0.1, -0.05) is 166 Å². The fourth-order valence-electron chi connectivity index (χ4n) is 9.29. The quantitative estimate of drug-likeness (QED) is 0.134. The molecule has 0 saturated carbocycles. The number of fused-ring (bicyclic) bond motifs is 7. The van der Waals surface area contributed by atoms with Gasteiger partial charge in [-0.25, -0.2) is 0 Å². The van der Waals surface area contributed by atoms with Crippen LogP contribution in [0, 0.1) is 0 Å². The van der Waals surface area contributed by atoms with Gasteiger partial charge in [-0.15, -0.1) is 0 Å². The summed E-state index contributed by atoms with van der Waals surface area (Å²) in [5.74, 6) is 0. The van der Waals surface area contributed by atoms with Crippen molar-refractivity contribution in [2.75, 3.05) is 4.90 Å². The molecule has 0 aromatic heterocycles. The third-order valence-electron chi connectivity index (χ3n) is 11.8. The maximum Gasteiger partial charge on any atom is 0.117 e. The Kier molecular flexibility index (Phi) is 6.44. The van der Waals surface area contributed by atoms with Crippen LogP contribution < -0.4 is 15.3 Å². The first-order valence-electron chi connectivity index (χ1n) is 18.1. The molecule has 2 heteroatoms. The van der Waals surface area contributed by atoms with Gasteiger partial charge in [0.25, 0.3) is 0 Å². The average Bonchev–Trinajstić information content (AvgIpc) is 3.40. The number of anilines is 3. The van der Waals surface area contributed by atoms with Gasteiger partial charge in [-0.05, 0) is 89.9 Å². The van der Waals surface area contributed by atoms with Gasteiger partial charge >= 0.3 is 0 Å². The van der Waals surface area contributed by atoms with Crippen LogP contribution in [-0.4, -0.2) is 8.07 Å². The van der Waals surface area contributed by atoms with Gasteiger partial charge in [0.1, 0.15) is 8.07 Å². The molecular formula is C49H39NSi. The number of benzene rings is 8. The number of nitrogens with zero attached hydrogens (tertiary/aromatic N) is 1. The molecule has 0 amide bonds. The lowest BCUT2D eigenvalue weighted by Gasteiger charge is -2.42. The van der Waals surface area contributed by atoms with E-state index in [9.17, 15) is 0 Å². The summed E-state index contributed by atoms with van der Waals surface area (Å²) in [6.07, 6.45) is 0. The molecule has 8 aromatic carbocycles. The zero-order valence-corrected chi connectivity index (χ0v) is 30.5. The number of hydrogen-bond donors (Lipinski definition) is 0. The van der Waals surface area contributed by atoms with Crippen LogP contribution in [0.4, 0.5) is 17.1 Å². The SMILES string of the molecule is CC1(C)c2ccccc2-c2ccc(-c3c4ccccc4c(N4c5ccccc5[Si](C)(C)c5ccccc54)c4ccc(-c5ccccc5)cc34)cc21. The second kappa shape index (κ2) is 10.9. The van der Waals surface area contributed by atoms with E-state index in [0.717, 1.165) is 0 Å². The molecule has 10 rings (SSSR count). The van der Waals surface area contributed by atoms with E-state index in [-0.39, 0.29) is 5.41 Å². The predicted molar refractivity (Wildman–Crippen MR) is 221 cm³/mol. The van der Waals surface area contributed by atoms with Crippen molar-refractivity contribution in [1.29, 1.82) is 0 Å². The molecule has 1 nitrogen and oxygen atoms in total. The number of para-hydroxylation sites is 2. The summed E-state index contributed by atoms with van der Waals surface area (Å²) in [6, 6.07) is 61.6. The van der Waals surface area contributed by atoms with Crippen molar-refractivity contribution in [3.05, 3.63) is 175 Å². The molecule has 0 spiro atoms. The minimum absolute atomic E-state index is 0.0827. The highest BCUT2D eigenvalue weighted by Crippen LogP contribution is 2.53. The summed E-state index contributed by atoms with van der Waals surface area (Å²) in [5.41, 5.74) is 14.3. The zero-order chi connectivity index (χ0) is 34.5. The van der Waals surface area contributed by atoms with Crippen molar-refractivity contribution < 1.29 is 0 Å². The van der Waals surface area contributed by atoms with Gasteiger partial charge in [-0.3, -0.25) is 0 Å². The van der Waals surface area contributed by atoms with Crippen molar-refractivity contribution in [2.45, 2.75) is 32.4 Å². The van der Waals surface area contributed by atoms with Crippen molar-refractivity contribution in [3.63, 3.8) is 0 Å². The second-order valence-corrected chi connectivity index (χ2v) is 19.6. The van der Waals surface area contributed by atoms with Crippen LogP contribution in [0.1, 0.15) is 25.0 Å². The lowest BCUT2D eigenvalue weighted by atomic mass is 9.80. The van der Waals surface area contributed by atoms with Crippen molar-refractivity contribution in [2.24, 2.45) is 0 Å². The lowest BCUT2D eigenvalue weighted by Crippen LogP contribution is -2.58. The third kappa shape index (κ3) is 4.27. The zero-order valence-electron chi connectivity index (χ0n) is 29.5. The van der Waals surface area contributed by atoms with Crippen LogP contribution in [-0.2, 0) is 5.41 Å². The first kappa shape index (κ1) is 30.1. The van der Waals surface area contributed by atoms with E-state index in [0.29, 0.717) is 0 Å². The van der Waals surface area contributed by atoms with E-state index >= 15 is 0 Å². The van der Waals surface area contributed by atoms with Crippen molar-refractivity contribution in [1.82, 2.24) is 0 Å². The van der Waals surface area contributed by atoms with Crippen LogP contribution in [0.15, 0.2) is 164 Å². The van der Waals surface area contributed by atoms with E-state index in [2.05, 4.69) is 196 Å². The summed E-state index contributed by atoms with van der Waals surface area (Å²) in [5, 5.41) is 8.03. The lowest BCUT2D eigenvalue weighted by molar-refractivity contribution is 0.660. The Balaban J connectivity index is 1.33. The minimum Gasteiger partial charge on any atom is -0.309 e. The molecule has 0 bridgehead atoms. The van der Waals surface area contributed by atoms with E-state index in [1.807, 2.05) is 0 Å². The molecule has 2 aliphatic rings. The predicted octanol–water partition coefficient (Wildman–Crippen LogP) is 12.2. The Morgan fingerprint density at radius 1 is 0.431 bits per heavy atom. The van der Waals surface area contributed by atoms with Gasteiger partial charge in [0.2, 0.25) is 0 Å². The molecule has 0 fully saturated rings. The summed E-state index contributed by atoms with van der Waals surface area (Å²) in [6.45, 7) is 9.76. The summed E-state index contributed by atoms with van der Waals surface area (Å²) in [4.78, 5) is 2.59. The molecule has 0 radical (unpaired) electrons. The Bertz CT molecular complexity index is 2650. The maximum absolute atomic E-state index is 2.59. The molecule has 1 aliphatic carbocycles. The van der Waals surface area contributed by atoms with E-state index in [4.69, 9.17) is 0 Å². The molecule has 51 heavy (non-hydrogen) atoms. The Morgan fingerprint density at radius 2 is 1.00 bits per heavy atom. The molecule has 0 atom stereocenters. The molecule has 8 aromatic rings. The largest absolute Gasteiger partial charge is 0.309 e. The Labute approximate surface area is 301 Å². The normalized spacial score (nSPS) is 14.9. The molecule has 0 unspecified atom stereocenters. The topological polar surface area (TPSA) is 3.24 Å². The first-order chi connectivity index (χ1) is 24.8. The molecule has 1 aliphatic heterocycles. The Morgan fingerprint density at radius 3 is 1.75 bits per heavy atom. The molecule has 0 N–H and O–H groups in total. The highest BCUT2D eigenvalue weighted by atomic mass is 28.3. The minimum atomic E-state index is -1.95. The van der Waals surface area contributed by atoms with E-state index in [1.165, 1.54) is 93.5 Å². The number of rotatable bonds is 3. The van der Waals surface area contributed by atoms with Crippen LogP contribution in [0.3, 0.4) is 0 Å². The highest BCUT2D eigenvalue weighted by molar-refractivity contribution is 7.02. The van der Waals surface area contributed by atoms with Crippen molar-refractivity contribution >= 4 is 57.1 Å². The van der Waals surface area contributed by atoms with Crippen LogP contribution in [0.25, 0.3) is 54.9 Å². The second-order valence-electron chi connectivity index (χ2n) is 15.3. The first-order valence-corrected chi connectivity index (χ1v) is 21.1. The smallest absolute Gasteiger partial charge is 0.117 e. The van der Waals surface area contributed by atoms with Gasteiger partial charge in [0.05, 0.1) is 5.69 Å². The van der Waals surface area contributed by atoms with E-state index in [1.54, 1.807) is 0 Å². The van der Waals surface area contributed by atoms with Gasteiger partial charge in [-0.2, -0.15) is 0 Å². The average molecular weight is 670 g/mol. The van der Waals surface area contributed by atoms with Crippen molar-refractivity contribution in [3.8, 4) is 33.4 Å². The van der Waals surface area contributed by atoms with E-state index < -0.39 is 8.07 Å². The summed E-state index contributed by atoms with van der Waals surface area (Å²) >= 11 is 0. The summed E-state index contributed by atoms with van der Waals surface area (Å²) in [7, 11) is -1.95. The fourth-order valence-corrected chi connectivity index (χ4v) is 12.3. The monoisotopic (exact) mass is 669 g/mol. The highest BCUT2D eigenvalue weighted by Gasteiger charge is 2.40. The molecule has 244 valence electrons. The van der Waals surface area contributed by atoms with Crippen LogP contribution in [0.5, 0.6) is 0 Å². The maximum atomic E-state index is 2.59. The van der Waals surface area contributed by atoms with Gasteiger partial charge in [0, 0.05) is 27.6 Å². The standard InChI is InChI=1S/C49H39NSi/c1-49(2)41-21-11-10-18-35(41)36-28-27-34(31-42(36)49)47-37-19-8-9-20-38(37)48(39-29-26-33(30-40(39)47)32-16-6-5-7-17-32)50-43-22-12-14-24-45(43)51(3,4)46-25-15-13-23-44(46)50/h5-31H,1-4H3. The number of hydrogen-bond acceptors (Lipinski definition) is 1. The Hall–Kier alpha value is -5.70. The third-order valence-corrected chi connectivity index (χ3v) is 15.4. The van der Waals surface area contributed by atoms with Crippen LogP contribution in [0.2, 0.25) is 13.1 Å². The molecule has 1 heterocycles. The van der Waals surface area contributed by atoms with Crippen LogP contribution >= 0.6 is 0 Å².